The van der Waals surface area contributed by atoms with Crippen molar-refractivity contribution in [1.29, 1.82) is 0 Å². The van der Waals surface area contributed by atoms with Crippen LogP contribution in [-0.4, -0.2) is 45.3 Å². The molecule has 7 heteroatoms. The number of para-hydroxylation sites is 1. The number of fused-ring (bicyclic) bond motifs is 1. The molecule has 130 valence electrons. The molecule has 0 saturated carbocycles. The molecule has 4 rings (SSSR count). The lowest BCUT2D eigenvalue weighted by atomic mass is 10.2. The van der Waals surface area contributed by atoms with E-state index >= 15 is 0 Å². The van der Waals surface area contributed by atoms with E-state index in [0.29, 0.717) is 38.0 Å². The van der Waals surface area contributed by atoms with E-state index in [-0.39, 0.29) is 12.0 Å². The number of morpholine rings is 1. The molecule has 7 nitrogen and oxygen atoms in total. The van der Waals surface area contributed by atoms with Gasteiger partial charge in [-0.05, 0) is 24.4 Å². The average Bonchev–Trinajstić information content (AvgIpc) is 3.19. The summed E-state index contributed by atoms with van der Waals surface area (Å²) in [6.45, 7) is 5.54. The van der Waals surface area contributed by atoms with Crippen molar-refractivity contribution >= 4 is 16.8 Å². The first-order chi connectivity index (χ1) is 12.1. The van der Waals surface area contributed by atoms with Gasteiger partial charge in [0, 0.05) is 24.7 Å². The number of aryl methyl sites for hydroxylation is 2. The van der Waals surface area contributed by atoms with Crippen LogP contribution >= 0.6 is 0 Å². The van der Waals surface area contributed by atoms with Gasteiger partial charge in [0.1, 0.15) is 6.54 Å². The smallest absolute Gasteiger partial charge is 0.246 e. The summed E-state index contributed by atoms with van der Waals surface area (Å²) < 4.78 is 13.2. The third-order valence-electron chi connectivity index (χ3n) is 4.55. The molecule has 25 heavy (non-hydrogen) atoms. The molecule has 3 heterocycles. The van der Waals surface area contributed by atoms with Crippen molar-refractivity contribution in [2.24, 2.45) is 0 Å². The van der Waals surface area contributed by atoms with Crippen LogP contribution in [0.4, 0.5) is 0 Å². The molecule has 1 amide bonds. The maximum Gasteiger partial charge on any atom is 0.246 e. The Balaban J connectivity index is 1.51. The zero-order valence-corrected chi connectivity index (χ0v) is 14.3. The van der Waals surface area contributed by atoms with Crippen LogP contribution in [0, 0.1) is 13.8 Å². The van der Waals surface area contributed by atoms with Crippen LogP contribution in [0.1, 0.15) is 23.6 Å². The van der Waals surface area contributed by atoms with Crippen LogP contribution in [-0.2, 0) is 16.1 Å². The lowest BCUT2D eigenvalue weighted by Gasteiger charge is -2.31. The minimum atomic E-state index is -0.360. The van der Waals surface area contributed by atoms with Gasteiger partial charge in [-0.3, -0.25) is 4.79 Å². The highest BCUT2D eigenvalue weighted by atomic mass is 16.5. The third-order valence-corrected chi connectivity index (χ3v) is 4.55. The molecule has 0 spiro atoms. The SMILES string of the molecule is Cc1nnc([C@@H]2CN(C(=O)Cn3c(C)cc4ccccc43)CCO2)o1. The summed E-state index contributed by atoms with van der Waals surface area (Å²) >= 11 is 0. The summed E-state index contributed by atoms with van der Waals surface area (Å²) in [5.41, 5.74) is 2.15. The predicted octanol–water partition coefficient (Wildman–Crippen LogP) is 2.24. The fourth-order valence-electron chi connectivity index (χ4n) is 3.26. The molecule has 1 aromatic carbocycles. The first kappa shape index (κ1) is 15.8. The summed E-state index contributed by atoms with van der Waals surface area (Å²) in [4.78, 5) is 14.6. The van der Waals surface area contributed by atoms with Gasteiger partial charge in [-0.2, -0.15) is 0 Å². The number of amides is 1. The molecule has 1 atom stereocenters. The van der Waals surface area contributed by atoms with Crippen LogP contribution in [0.15, 0.2) is 34.7 Å². The Morgan fingerprint density at radius 3 is 2.92 bits per heavy atom. The number of aromatic nitrogens is 3. The molecule has 1 aliphatic rings. The Kier molecular flexibility index (Phi) is 4.01. The lowest BCUT2D eigenvalue weighted by molar-refractivity contribution is -0.140. The van der Waals surface area contributed by atoms with Crippen molar-refractivity contribution in [1.82, 2.24) is 19.7 Å². The average molecular weight is 340 g/mol. The maximum absolute atomic E-state index is 12.8. The van der Waals surface area contributed by atoms with Gasteiger partial charge in [0.05, 0.1) is 13.2 Å². The third kappa shape index (κ3) is 3.02. The second-order valence-corrected chi connectivity index (χ2v) is 6.29. The summed E-state index contributed by atoms with van der Waals surface area (Å²) in [7, 11) is 0. The standard InChI is InChI=1S/C18H20N4O3/c1-12-9-14-5-3-4-6-15(14)22(12)11-17(23)21-7-8-24-16(10-21)18-20-19-13(2)25-18/h3-6,9,16H,7-8,10-11H2,1-2H3/t16-/m0/s1. The normalized spacial score (nSPS) is 18.0. The van der Waals surface area contributed by atoms with E-state index in [2.05, 4.69) is 26.9 Å². The van der Waals surface area contributed by atoms with E-state index in [1.807, 2.05) is 30.0 Å². The molecule has 1 fully saturated rings. The van der Waals surface area contributed by atoms with E-state index in [1.54, 1.807) is 6.92 Å². The second-order valence-electron chi connectivity index (χ2n) is 6.29. The molecule has 0 radical (unpaired) electrons. The summed E-state index contributed by atoms with van der Waals surface area (Å²) in [6.07, 6.45) is -0.360. The molecule has 1 saturated heterocycles. The van der Waals surface area contributed by atoms with Gasteiger partial charge < -0.3 is 18.6 Å². The minimum absolute atomic E-state index is 0.0639. The Morgan fingerprint density at radius 2 is 2.12 bits per heavy atom. The number of hydrogen-bond donors (Lipinski definition) is 0. The van der Waals surface area contributed by atoms with Gasteiger partial charge in [-0.15, -0.1) is 10.2 Å². The topological polar surface area (TPSA) is 73.4 Å². The predicted molar refractivity (Wildman–Crippen MR) is 91.0 cm³/mol. The largest absolute Gasteiger partial charge is 0.423 e. The maximum atomic E-state index is 12.8. The quantitative estimate of drug-likeness (QED) is 0.731. The number of hydrogen-bond acceptors (Lipinski definition) is 5. The van der Waals surface area contributed by atoms with E-state index in [9.17, 15) is 4.79 Å². The van der Waals surface area contributed by atoms with Crippen molar-refractivity contribution in [3.63, 3.8) is 0 Å². The number of nitrogens with zero attached hydrogens (tertiary/aromatic N) is 4. The Bertz CT molecular complexity index is 914. The van der Waals surface area contributed by atoms with Crippen LogP contribution in [0.2, 0.25) is 0 Å². The molecule has 0 aliphatic carbocycles. The Morgan fingerprint density at radius 1 is 1.28 bits per heavy atom. The molecule has 1 aliphatic heterocycles. The van der Waals surface area contributed by atoms with E-state index < -0.39 is 0 Å². The number of carbonyl (C=O) groups is 1. The van der Waals surface area contributed by atoms with Crippen molar-refractivity contribution in [3.8, 4) is 0 Å². The van der Waals surface area contributed by atoms with Gasteiger partial charge in [0.2, 0.25) is 17.7 Å². The highest BCUT2D eigenvalue weighted by Gasteiger charge is 2.29. The van der Waals surface area contributed by atoms with Crippen molar-refractivity contribution in [3.05, 3.63) is 47.8 Å². The fraction of sp³-hybridized carbons (Fsp3) is 0.389. The number of ether oxygens (including phenoxy) is 1. The minimum Gasteiger partial charge on any atom is -0.423 e. The second kappa shape index (κ2) is 6.33. The molecule has 2 aromatic heterocycles. The fourth-order valence-corrected chi connectivity index (χ4v) is 3.26. The van der Waals surface area contributed by atoms with E-state index in [0.717, 1.165) is 16.6 Å². The molecular weight excluding hydrogens is 320 g/mol. The van der Waals surface area contributed by atoms with Gasteiger partial charge >= 0.3 is 0 Å². The van der Waals surface area contributed by atoms with Gasteiger partial charge in [0.25, 0.3) is 0 Å². The zero-order valence-electron chi connectivity index (χ0n) is 14.3. The monoisotopic (exact) mass is 340 g/mol. The highest BCUT2D eigenvalue weighted by Crippen LogP contribution is 2.23. The highest BCUT2D eigenvalue weighted by molar-refractivity contribution is 5.84. The molecule has 0 unspecified atom stereocenters. The van der Waals surface area contributed by atoms with Crippen LogP contribution in [0.3, 0.4) is 0 Å². The Labute approximate surface area is 145 Å². The van der Waals surface area contributed by atoms with Crippen LogP contribution in [0.25, 0.3) is 10.9 Å². The van der Waals surface area contributed by atoms with Crippen LogP contribution < -0.4 is 0 Å². The Hall–Kier alpha value is -2.67. The first-order valence-corrected chi connectivity index (χ1v) is 8.36. The number of rotatable bonds is 3. The first-order valence-electron chi connectivity index (χ1n) is 8.36. The molecule has 3 aromatic rings. The van der Waals surface area contributed by atoms with E-state index in [4.69, 9.17) is 9.15 Å². The number of benzene rings is 1. The van der Waals surface area contributed by atoms with Gasteiger partial charge in [0.15, 0.2) is 6.10 Å². The van der Waals surface area contributed by atoms with Crippen molar-refractivity contribution in [2.75, 3.05) is 19.7 Å². The number of carbonyl (C=O) groups excluding carboxylic acids is 1. The summed E-state index contributed by atoms with van der Waals surface area (Å²) in [6, 6.07) is 10.2. The summed E-state index contributed by atoms with van der Waals surface area (Å²) in [5, 5.41) is 8.99. The molecular formula is C18H20N4O3. The zero-order chi connectivity index (χ0) is 17.4. The van der Waals surface area contributed by atoms with Gasteiger partial charge in [-0.25, -0.2) is 0 Å². The summed E-state index contributed by atoms with van der Waals surface area (Å²) in [5.74, 6) is 0.989. The molecule has 0 bridgehead atoms. The van der Waals surface area contributed by atoms with Gasteiger partial charge in [-0.1, -0.05) is 18.2 Å². The lowest BCUT2D eigenvalue weighted by Crippen LogP contribution is -2.43. The molecule has 0 N–H and O–H groups in total. The van der Waals surface area contributed by atoms with Crippen molar-refractivity contribution < 1.29 is 13.9 Å². The van der Waals surface area contributed by atoms with Crippen LogP contribution in [0.5, 0.6) is 0 Å². The van der Waals surface area contributed by atoms with Crippen molar-refractivity contribution in [2.45, 2.75) is 26.5 Å². The van der Waals surface area contributed by atoms with E-state index in [1.165, 1.54) is 0 Å².